The smallest absolute Gasteiger partial charge is 0.243 e. The molecule has 7 heteroatoms. The van der Waals surface area contributed by atoms with Gasteiger partial charge in [-0.05, 0) is 62.9 Å². The Kier molecular flexibility index (Phi) is 9.23. The number of rotatable bonds is 8. The number of halogens is 3. The molecule has 0 bridgehead atoms. The Hall–Kier alpha value is -1.75. The van der Waals surface area contributed by atoms with Crippen LogP contribution in [0.1, 0.15) is 51.7 Å². The summed E-state index contributed by atoms with van der Waals surface area (Å²) in [6.45, 7) is 7.91. The number of carbonyl (C=O) groups is 2. The molecule has 1 atom stereocenters. The maximum Gasteiger partial charge on any atom is 0.243 e. The van der Waals surface area contributed by atoms with Crippen LogP contribution in [0.2, 0.25) is 15.1 Å². The lowest BCUT2D eigenvalue weighted by atomic mass is 10.0. The molecular formula is C24H29Cl3N2O2. The van der Waals surface area contributed by atoms with Gasteiger partial charge in [-0.15, -0.1) is 0 Å². The van der Waals surface area contributed by atoms with E-state index in [1.54, 1.807) is 23.1 Å². The number of aryl methyl sites for hydroxylation is 1. The van der Waals surface area contributed by atoms with Gasteiger partial charge in [-0.2, -0.15) is 0 Å². The average molecular weight is 484 g/mol. The van der Waals surface area contributed by atoms with E-state index in [9.17, 15) is 9.59 Å². The molecule has 0 radical (unpaired) electrons. The maximum absolute atomic E-state index is 13.3. The summed E-state index contributed by atoms with van der Waals surface area (Å²) in [5.41, 5.74) is 1.31. The second-order valence-corrected chi connectivity index (χ2v) is 9.75. The van der Waals surface area contributed by atoms with Crippen molar-refractivity contribution in [3.63, 3.8) is 0 Å². The van der Waals surface area contributed by atoms with Crippen LogP contribution in [-0.2, 0) is 22.6 Å². The average Bonchev–Trinajstić information content (AvgIpc) is 2.68. The lowest BCUT2D eigenvalue weighted by molar-refractivity contribution is -0.142. The molecule has 31 heavy (non-hydrogen) atoms. The number of nitrogens with zero attached hydrogens (tertiary/aromatic N) is 1. The first-order valence-electron chi connectivity index (χ1n) is 10.3. The van der Waals surface area contributed by atoms with Crippen molar-refractivity contribution >= 4 is 46.6 Å². The van der Waals surface area contributed by atoms with Gasteiger partial charge in [0.1, 0.15) is 6.04 Å². The minimum absolute atomic E-state index is 0.123. The van der Waals surface area contributed by atoms with Crippen molar-refractivity contribution in [3.05, 3.63) is 68.7 Å². The fraction of sp³-hybridized carbons (Fsp3) is 0.417. The van der Waals surface area contributed by atoms with Crippen LogP contribution in [0, 0.1) is 0 Å². The fourth-order valence-electron chi connectivity index (χ4n) is 3.29. The molecule has 0 fully saturated rings. The zero-order valence-corrected chi connectivity index (χ0v) is 20.6. The van der Waals surface area contributed by atoms with E-state index in [1.165, 1.54) is 0 Å². The minimum Gasteiger partial charge on any atom is -0.350 e. The minimum atomic E-state index is -0.604. The number of hydrogen-bond acceptors (Lipinski definition) is 2. The SMILES string of the molecule is CC[C@H](C(=O)NC(C)(C)C)N(Cc1ccc(Cl)c(Cl)c1)C(=O)CCc1ccccc1Cl. The second kappa shape index (κ2) is 11.2. The lowest BCUT2D eigenvalue weighted by Gasteiger charge is -2.33. The van der Waals surface area contributed by atoms with Crippen LogP contribution in [0.4, 0.5) is 0 Å². The van der Waals surface area contributed by atoms with Crippen molar-refractivity contribution in [3.8, 4) is 0 Å². The van der Waals surface area contributed by atoms with Gasteiger partial charge in [-0.25, -0.2) is 0 Å². The number of benzene rings is 2. The molecule has 0 aliphatic rings. The van der Waals surface area contributed by atoms with Gasteiger partial charge in [0.15, 0.2) is 0 Å². The molecule has 2 amide bonds. The van der Waals surface area contributed by atoms with E-state index < -0.39 is 11.6 Å². The van der Waals surface area contributed by atoms with Crippen molar-refractivity contribution in [1.82, 2.24) is 10.2 Å². The van der Waals surface area contributed by atoms with E-state index in [0.717, 1.165) is 11.1 Å². The van der Waals surface area contributed by atoms with Crippen molar-refractivity contribution in [1.29, 1.82) is 0 Å². The van der Waals surface area contributed by atoms with Crippen molar-refractivity contribution in [2.24, 2.45) is 0 Å². The molecule has 2 aromatic carbocycles. The van der Waals surface area contributed by atoms with Gasteiger partial charge in [0.25, 0.3) is 0 Å². The van der Waals surface area contributed by atoms with E-state index in [1.807, 2.05) is 52.0 Å². The molecule has 0 aliphatic heterocycles. The number of nitrogens with one attached hydrogen (secondary N) is 1. The molecule has 0 unspecified atom stereocenters. The molecule has 4 nitrogen and oxygen atoms in total. The second-order valence-electron chi connectivity index (χ2n) is 8.52. The third kappa shape index (κ3) is 7.71. The van der Waals surface area contributed by atoms with Crippen LogP contribution < -0.4 is 5.32 Å². The molecule has 2 aromatic rings. The van der Waals surface area contributed by atoms with E-state index >= 15 is 0 Å². The predicted molar refractivity (Wildman–Crippen MR) is 129 cm³/mol. The zero-order chi connectivity index (χ0) is 23.2. The molecule has 0 spiro atoms. The number of amides is 2. The van der Waals surface area contributed by atoms with Gasteiger partial charge in [-0.1, -0.05) is 66.0 Å². The summed E-state index contributed by atoms with van der Waals surface area (Å²) in [6, 6.07) is 12.1. The molecule has 2 rings (SSSR count). The number of hydrogen-bond donors (Lipinski definition) is 1. The summed E-state index contributed by atoms with van der Waals surface area (Å²) in [5, 5.41) is 4.48. The van der Waals surface area contributed by atoms with E-state index in [2.05, 4.69) is 5.32 Å². The first-order chi connectivity index (χ1) is 14.5. The quantitative estimate of drug-likeness (QED) is 0.479. The number of carbonyl (C=O) groups excluding carboxylic acids is 2. The van der Waals surface area contributed by atoms with Gasteiger partial charge in [0.05, 0.1) is 10.0 Å². The highest BCUT2D eigenvalue weighted by atomic mass is 35.5. The molecule has 168 valence electrons. The third-order valence-corrected chi connectivity index (χ3v) is 5.89. The van der Waals surface area contributed by atoms with Gasteiger partial charge >= 0.3 is 0 Å². The highest BCUT2D eigenvalue weighted by molar-refractivity contribution is 6.42. The van der Waals surface area contributed by atoms with Crippen molar-refractivity contribution in [2.75, 3.05) is 0 Å². The topological polar surface area (TPSA) is 49.4 Å². The van der Waals surface area contributed by atoms with E-state index in [-0.39, 0.29) is 24.8 Å². The van der Waals surface area contributed by atoms with Gasteiger partial charge in [-0.3, -0.25) is 9.59 Å². The first kappa shape index (κ1) is 25.5. The Morgan fingerprint density at radius 3 is 2.26 bits per heavy atom. The Labute approximate surface area is 199 Å². The molecule has 0 saturated heterocycles. The van der Waals surface area contributed by atoms with Gasteiger partial charge in [0.2, 0.25) is 11.8 Å². The zero-order valence-electron chi connectivity index (χ0n) is 18.3. The highest BCUT2D eigenvalue weighted by Gasteiger charge is 2.30. The van der Waals surface area contributed by atoms with Crippen LogP contribution in [0.3, 0.4) is 0 Å². The largest absolute Gasteiger partial charge is 0.350 e. The third-order valence-electron chi connectivity index (χ3n) is 4.79. The van der Waals surface area contributed by atoms with Crippen LogP contribution in [0.15, 0.2) is 42.5 Å². The first-order valence-corrected chi connectivity index (χ1v) is 11.4. The normalized spacial score (nSPS) is 12.4. The maximum atomic E-state index is 13.3. The molecule has 1 N–H and O–H groups in total. The summed E-state index contributed by atoms with van der Waals surface area (Å²) in [5.74, 6) is -0.303. The van der Waals surface area contributed by atoms with Crippen LogP contribution in [0.25, 0.3) is 0 Å². The van der Waals surface area contributed by atoms with Crippen LogP contribution in [0.5, 0.6) is 0 Å². The van der Waals surface area contributed by atoms with Crippen molar-refractivity contribution < 1.29 is 9.59 Å². The summed E-state index contributed by atoms with van der Waals surface area (Å²) in [7, 11) is 0. The lowest BCUT2D eigenvalue weighted by Crippen LogP contribution is -2.53. The summed E-state index contributed by atoms with van der Waals surface area (Å²) in [4.78, 5) is 27.9. The predicted octanol–water partition coefficient (Wildman–Crippen LogP) is 6.30. The monoisotopic (exact) mass is 482 g/mol. The summed E-state index contributed by atoms with van der Waals surface area (Å²) in [6.07, 6.45) is 1.22. The molecular weight excluding hydrogens is 455 g/mol. The molecule has 0 saturated carbocycles. The highest BCUT2D eigenvalue weighted by Crippen LogP contribution is 2.25. The van der Waals surface area contributed by atoms with Gasteiger partial charge < -0.3 is 10.2 Å². The van der Waals surface area contributed by atoms with Crippen LogP contribution >= 0.6 is 34.8 Å². The Morgan fingerprint density at radius 2 is 1.68 bits per heavy atom. The van der Waals surface area contributed by atoms with Gasteiger partial charge in [0, 0.05) is 23.5 Å². The summed E-state index contributed by atoms with van der Waals surface area (Å²) < 4.78 is 0. The fourth-order valence-corrected chi connectivity index (χ4v) is 3.84. The molecule has 0 aliphatic carbocycles. The Morgan fingerprint density at radius 1 is 1.00 bits per heavy atom. The van der Waals surface area contributed by atoms with E-state index in [4.69, 9.17) is 34.8 Å². The van der Waals surface area contributed by atoms with Crippen molar-refractivity contribution in [2.45, 2.75) is 65.1 Å². The summed E-state index contributed by atoms with van der Waals surface area (Å²) >= 11 is 18.5. The molecule has 0 heterocycles. The Balaban J connectivity index is 2.28. The van der Waals surface area contributed by atoms with Crippen LogP contribution in [-0.4, -0.2) is 28.3 Å². The molecule has 0 aromatic heterocycles. The van der Waals surface area contributed by atoms with E-state index in [0.29, 0.717) is 27.9 Å². The Bertz CT molecular complexity index is 925. The standard InChI is InChI=1S/C24H29Cl3N2O2/c1-5-21(23(31)28-24(2,3)4)29(15-16-10-12-19(26)20(27)14-16)22(30)13-11-17-8-6-7-9-18(17)25/h6-10,12,14,21H,5,11,13,15H2,1-4H3,(H,28,31)/t21-/m1/s1.